The van der Waals surface area contributed by atoms with Gasteiger partial charge in [0.05, 0.1) is 5.69 Å². The predicted molar refractivity (Wildman–Crippen MR) is 47.4 cm³/mol. The maximum Gasteiger partial charge on any atom is 0.127 e. The zero-order valence-electron chi connectivity index (χ0n) is 6.84. The molecule has 4 heteroatoms. The first-order valence-electron chi connectivity index (χ1n) is 3.81. The van der Waals surface area contributed by atoms with Crippen molar-refractivity contribution in [2.24, 2.45) is 0 Å². The summed E-state index contributed by atoms with van der Waals surface area (Å²) in [6.45, 7) is 5.06. The third-order valence-electron chi connectivity index (χ3n) is 1.55. The van der Waals surface area contributed by atoms with Crippen LogP contribution in [0, 0.1) is 6.92 Å². The highest BCUT2D eigenvalue weighted by Gasteiger charge is 2.03. The second-order valence-corrected chi connectivity index (χ2v) is 3.29. The molecule has 0 aliphatic rings. The van der Waals surface area contributed by atoms with Crippen LogP contribution in [0.3, 0.4) is 0 Å². The molecule has 0 unspecified atom stereocenters. The molecule has 0 saturated carbocycles. The third-order valence-corrected chi connectivity index (χ3v) is 2.53. The summed E-state index contributed by atoms with van der Waals surface area (Å²) in [5.41, 5.74) is 0.959. The maximum atomic E-state index is 3.97. The fourth-order valence-corrected chi connectivity index (χ4v) is 1.17. The van der Waals surface area contributed by atoms with Gasteiger partial charge in [-0.25, -0.2) is 4.68 Å². The fraction of sp³-hybridized carbons (Fsp3) is 0.714. The Hall–Kier alpha value is -0.380. The molecule has 0 aromatic carbocycles. The van der Waals surface area contributed by atoms with Gasteiger partial charge in [0, 0.05) is 6.54 Å². The van der Waals surface area contributed by atoms with Gasteiger partial charge in [-0.05, 0) is 29.3 Å². The number of aryl methyl sites for hydroxylation is 2. The lowest BCUT2D eigenvalue weighted by Gasteiger charge is -1.98. The standard InChI is InChI=1S/C7H12BrN3/c1-3-4-5-11-7(8)6(2)9-10-11/h3-5H2,1-2H3. The van der Waals surface area contributed by atoms with Crippen LogP contribution in [0.1, 0.15) is 25.5 Å². The minimum absolute atomic E-state index is 0.956. The van der Waals surface area contributed by atoms with E-state index in [2.05, 4.69) is 33.2 Å². The Morgan fingerprint density at radius 1 is 1.55 bits per heavy atom. The molecule has 62 valence electrons. The summed E-state index contributed by atoms with van der Waals surface area (Å²) in [6, 6.07) is 0. The van der Waals surface area contributed by atoms with E-state index in [-0.39, 0.29) is 0 Å². The van der Waals surface area contributed by atoms with Crippen LogP contribution >= 0.6 is 15.9 Å². The van der Waals surface area contributed by atoms with Gasteiger partial charge < -0.3 is 0 Å². The van der Waals surface area contributed by atoms with E-state index in [1.54, 1.807) is 0 Å². The maximum absolute atomic E-state index is 3.97. The molecule has 11 heavy (non-hydrogen) atoms. The van der Waals surface area contributed by atoms with E-state index < -0.39 is 0 Å². The summed E-state index contributed by atoms with van der Waals surface area (Å²) in [5.74, 6) is 0. The van der Waals surface area contributed by atoms with Crippen LogP contribution in [-0.4, -0.2) is 15.0 Å². The number of unbranched alkanes of at least 4 members (excludes halogenated alkanes) is 1. The van der Waals surface area contributed by atoms with E-state index in [4.69, 9.17) is 0 Å². The monoisotopic (exact) mass is 217 g/mol. The SMILES string of the molecule is CCCCn1nnc(C)c1Br. The number of aromatic nitrogens is 3. The van der Waals surface area contributed by atoms with Crippen molar-refractivity contribution in [2.45, 2.75) is 33.2 Å². The van der Waals surface area contributed by atoms with E-state index in [1.165, 1.54) is 6.42 Å². The van der Waals surface area contributed by atoms with Gasteiger partial charge in [-0.15, -0.1) is 5.10 Å². The molecule has 0 bridgehead atoms. The molecule has 0 aliphatic carbocycles. The van der Waals surface area contributed by atoms with Crippen LogP contribution in [0.4, 0.5) is 0 Å². The summed E-state index contributed by atoms with van der Waals surface area (Å²) < 4.78 is 2.89. The van der Waals surface area contributed by atoms with Gasteiger partial charge in [0.1, 0.15) is 4.60 Å². The summed E-state index contributed by atoms with van der Waals surface area (Å²) in [4.78, 5) is 0. The quantitative estimate of drug-likeness (QED) is 0.778. The Bertz CT molecular complexity index is 232. The molecule has 0 aliphatic heterocycles. The van der Waals surface area contributed by atoms with E-state index in [9.17, 15) is 0 Å². The molecule has 0 saturated heterocycles. The van der Waals surface area contributed by atoms with Gasteiger partial charge in [-0.2, -0.15) is 0 Å². The second kappa shape index (κ2) is 3.85. The molecule has 0 atom stereocenters. The first-order valence-corrected chi connectivity index (χ1v) is 4.60. The smallest absolute Gasteiger partial charge is 0.127 e. The topological polar surface area (TPSA) is 30.7 Å². The fourth-order valence-electron chi connectivity index (χ4n) is 0.839. The van der Waals surface area contributed by atoms with Gasteiger partial charge >= 0.3 is 0 Å². The summed E-state index contributed by atoms with van der Waals surface area (Å²) >= 11 is 3.42. The molecule has 0 spiro atoms. The van der Waals surface area contributed by atoms with Crippen molar-refractivity contribution < 1.29 is 0 Å². The van der Waals surface area contributed by atoms with E-state index >= 15 is 0 Å². The minimum Gasteiger partial charge on any atom is -0.238 e. The number of rotatable bonds is 3. The second-order valence-electron chi connectivity index (χ2n) is 2.54. The highest BCUT2D eigenvalue weighted by Crippen LogP contribution is 2.12. The molecule has 1 rings (SSSR count). The molecular weight excluding hydrogens is 206 g/mol. The van der Waals surface area contributed by atoms with Crippen molar-refractivity contribution in [1.82, 2.24) is 15.0 Å². The first kappa shape index (κ1) is 8.71. The lowest BCUT2D eigenvalue weighted by molar-refractivity contribution is 0.544. The van der Waals surface area contributed by atoms with Gasteiger partial charge in [-0.3, -0.25) is 0 Å². The lowest BCUT2D eigenvalue weighted by Crippen LogP contribution is -1.99. The lowest BCUT2D eigenvalue weighted by atomic mass is 10.3. The van der Waals surface area contributed by atoms with Crippen molar-refractivity contribution in [1.29, 1.82) is 0 Å². The predicted octanol–water partition coefficient (Wildman–Crippen LogP) is 2.15. The third kappa shape index (κ3) is 2.02. The zero-order valence-corrected chi connectivity index (χ0v) is 8.43. The van der Waals surface area contributed by atoms with Crippen molar-refractivity contribution in [3.63, 3.8) is 0 Å². The summed E-state index contributed by atoms with van der Waals surface area (Å²) in [6.07, 6.45) is 2.34. The summed E-state index contributed by atoms with van der Waals surface area (Å²) in [7, 11) is 0. The average molecular weight is 218 g/mol. The van der Waals surface area contributed by atoms with Crippen molar-refractivity contribution in [2.75, 3.05) is 0 Å². The van der Waals surface area contributed by atoms with E-state index in [0.29, 0.717) is 0 Å². The van der Waals surface area contributed by atoms with Crippen molar-refractivity contribution in [3.8, 4) is 0 Å². The van der Waals surface area contributed by atoms with Crippen molar-refractivity contribution in [3.05, 3.63) is 10.3 Å². The number of halogens is 1. The zero-order chi connectivity index (χ0) is 8.27. The normalized spacial score (nSPS) is 10.5. The average Bonchev–Trinajstić information content (AvgIpc) is 2.31. The Balaban J connectivity index is 2.63. The Morgan fingerprint density at radius 3 is 2.73 bits per heavy atom. The van der Waals surface area contributed by atoms with Crippen LogP contribution in [0.15, 0.2) is 4.60 Å². The molecule has 0 N–H and O–H groups in total. The molecule has 0 amide bonds. The Labute approximate surface area is 74.9 Å². The molecule has 0 radical (unpaired) electrons. The van der Waals surface area contributed by atoms with E-state index in [0.717, 1.165) is 23.3 Å². The molecule has 3 nitrogen and oxygen atoms in total. The van der Waals surface area contributed by atoms with Crippen LogP contribution in [0.5, 0.6) is 0 Å². The molecular formula is C7H12BrN3. The molecule has 1 heterocycles. The van der Waals surface area contributed by atoms with Gasteiger partial charge in [0.15, 0.2) is 0 Å². The number of hydrogen-bond acceptors (Lipinski definition) is 2. The molecule has 1 aromatic heterocycles. The molecule has 1 aromatic rings. The van der Waals surface area contributed by atoms with Crippen LogP contribution < -0.4 is 0 Å². The Kier molecular flexibility index (Phi) is 3.05. The van der Waals surface area contributed by atoms with Gasteiger partial charge in [0.25, 0.3) is 0 Å². The minimum atomic E-state index is 0.956. The van der Waals surface area contributed by atoms with Gasteiger partial charge in [0.2, 0.25) is 0 Å². The van der Waals surface area contributed by atoms with Crippen LogP contribution in [-0.2, 0) is 6.54 Å². The largest absolute Gasteiger partial charge is 0.238 e. The van der Waals surface area contributed by atoms with E-state index in [1.807, 2.05) is 11.6 Å². The Morgan fingerprint density at radius 2 is 2.27 bits per heavy atom. The molecule has 0 fully saturated rings. The first-order chi connectivity index (χ1) is 5.25. The van der Waals surface area contributed by atoms with Crippen molar-refractivity contribution >= 4 is 15.9 Å². The van der Waals surface area contributed by atoms with Crippen LogP contribution in [0.25, 0.3) is 0 Å². The van der Waals surface area contributed by atoms with Crippen LogP contribution in [0.2, 0.25) is 0 Å². The highest BCUT2D eigenvalue weighted by atomic mass is 79.9. The number of nitrogens with zero attached hydrogens (tertiary/aromatic N) is 3. The number of hydrogen-bond donors (Lipinski definition) is 0. The highest BCUT2D eigenvalue weighted by molar-refractivity contribution is 9.10. The summed E-state index contributed by atoms with van der Waals surface area (Å²) in [5, 5.41) is 7.91. The van der Waals surface area contributed by atoms with Gasteiger partial charge in [-0.1, -0.05) is 18.6 Å².